The van der Waals surface area contributed by atoms with Gasteiger partial charge in [-0.05, 0) is 40.1 Å². The number of hydrogen-bond donors (Lipinski definition) is 0. The summed E-state index contributed by atoms with van der Waals surface area (Å²) in [5.74, 6) is 1.12. The second-order valence-electron chi connectivity index (χ2n) is 4.36. The number of anilines is 1. The van der Waals surface area contributed by atoms with Crippen molar-refractivity contribution in [3.63, 3.8) is 0 Å². The maximum absolute atomic E-state index is 4.50. The van der Waals surface area contributed by atoms with Crippen LogP contribution >= 0.6 is 15.9 Å². The second kappa shape index (κ2) is 7.67. The Balaban J connectivity index is 2.65. The molecule has 17 heavy (non-hydrogen) atoms. The van der Waals surface area contributed by atoms with Gasteiger partial charge in [-0.3, -0.25) is 0 Å². The van der Waals surface area contributed by atoms with Gasteiger partial charge in [0.1, 0.15) is 5.82 Å². The first-order chi connectivity index (χ1) is 8.19. The van der Waals surface area contributed by atoms with Crippen molar-refractivity contribution >= 4 is 21.7 Å². The van der Waals surface area contributed by atoms with Crippen molar-refractivity contribution in [3.05, 3.63) is 23.9 Å². The van der Waals surface area contributed by atoms with Crippen LogP contribution in [0, 0.1) is 0 Å². The molecule has 0 aliphatic carbocycles. The third kappa shape index (κ3) is 4.64. The molecular formula is C13H22BrN3. The molecule has 0 radical (unpaired) electrons. The van der Waals surface area contributed by atoms with E-state index >= 15 is 0 Å². The summed E-state index contributed by atoms with van der Waals surface area (Å²) in [4.78, 5) is 9.07. The summed E-state index contributed by atoms with van der Waals surface area (Å²) >= 11 is 3.52. The lowest BCUT2D eigenvalue weighted by molar-refractivity contribution is 0.400. The van der Waals surface area contributed by atoms with Gasteiger partial charge >= 0.3 is 0 Å². The van der Waals surface area contributed by atoms with Gasteiger partial charge in [0.25, 0.3) is 0 Å². The van der Waals surface area contributed by atoms with Gasteiger partial charge in [0.2, 0.25) is 0 Å². The Hall–Kier alpha value is -0.610. The van der Waals surface area contributed by atoms with Crippen LogP contribution in [0.25, 0.3) is 0 Å². The Morgan fingerprint density at radius 3 is 2.65 bits per heavy atom. The molecule has 0 unspecified atom stereocenters. The average molecular weight is 300 g/mol. The third-order valence-corrected chi connectivity index (χ3v) is 3.33. The molecule has 4 heteroatoms. The first kappa shape index (κ1) is 14.5. The number of halogens is 1. The van der Waals surface area contributed by atoms with Gasteiger partial charge in [-0.2, -0.15) is 0 Å². The van der Waals surface area contributed by atoms with Gasteiger partial charge in [0.05, 0.1) is 0 Å². The maximum atomic E-state index is 4.50. The Bertz CT molecular complexity index is 328. The lowest BCUT2D eigenvalue weighted by Gasteiger charge is -2.24. The second-order valence-corrected chi connectivity index (χ2v) is 4.92. The third-order valence-electron chi connectivity index (χ3n) is 2.73. The predicted octanol–water partition coefficient (Wildman–Crippen LogP) is 2.75. The topological polar surface area (TPSA) is 19.4 Å². The summed E-state index contributed by atoms with van der Waals surface area (Å²) in [5.41, 5.74) is 1.26. The van der Waals surface area contributed by atoms with Gasteiger partial charge in [-0.1, -0.05) is 22.0 Å². The van der Waals surface area contributed by atoms with Crippen LogP contribution in [-0.2, 0) is 5.33 Å². The predicted molar refractivity (Wildman–Crippen MR) is 77.9 cm³/mol. The lowest BCUT2D eigenvalue weighted by Crippen LogP contribution is -2.28. The Labute approximate surface area is 113 Å². The van der Waals surface area contributed by atoms with Crippen LogP contribution in [0.3, 0.4) is 0 Å². The highest BCUT2D eigenvalue weighted by Crippen LogP contribution is 2.19. The van der Waals surface area contributed by atoms with E-state index in [1.54, 1.807) is 0 Å². The molecule has 1 rings (SSSR count). The molecule has 96 valence electrons. The molecule has 0 aromatic carbocycles. The first-order valence-corrected chi connectivity index (χ1v) is 7.20. The van der Waals surface area contributed by atoms with Crippen molar-refractivity contribution in [2.75, 3.05) is 38.6 Å². The molecule has 0 atom stereocenters. The van der Waals surface area contributed by atoms with E-state index in [1.165, 1.54) is 12.0 Å². The van der Waals surface area contributed by atoms with Crippen molar-refractivity contribution < 1.29 is 0 Å². The largest absolute Gasteiger partial charge is 0.357 e. The van der Waals surface area contributed by atoms with Gasteiger partial charge in [-0.15, -0.1) is 0 Å². The van der Waals surface area contributed by atoms with Crippen molar-refractivity contribution in [3.8, 4) is 0 Å². The van der Waals surface area contributed by atoms with Crippen molar-refractivity contribution in [1.29, 1.82) is 0 Å². The smallest absolute Gasteiger partial charge is 0.132 e. The van der Waals surface area contributed by atoms with Crippen LogP contribution in [0.1, 0.15) is 18.9 Å². The number of alkyl halides is 1. The molecule has 0 aliphatic rings. The highest BCUT2D eigenvalue weighted by Gasteiger charge is 2.09. The SMILES string of the molecule is CCN(CCCN(C)C)c1ncccc1CBr. The van der Waals surface area contributed by atoms with E-state index in [0.29, 0.717) is 0 Å². The number of nitrogens with zero attached hydrogens (tertiary/aromatic N) is 3. The zero-order chi connectivity index (χ0) is 12.7. The van der Waals surface area contributed by atoms with E-state index in [0.717, 1.165) is 30.8 Å². The quantitative estimate of drug-likeness (QED) is 0.722. The van der Waals surface area contributed by atoms with Crippen LogP contribution in [0.15, 0.2) is 18.3 Å². The first-order valence-electron chi connectivity index (χ1n) is 6.08. The van der Waals surface area contributed by atoms with E-state index in [4.69, 9.17) is 0 Å². The number of pyridine rings is 1. The average Bonchev–Trinajstić information content (AvgIpc) is 2.34. The van der Waals surface area contributed by atoms with Crippen molar-refractivity contribution in [1.82, 2.24) is 9.88 Å². The molecule has 0 amide bonds. The van der Waals surface area contributed by atoms with Gasteiger partial charge in [-0.25, -0.2) is 4.98 Å². The molecule has 0 bridgehead atoms. The van der Waals surface area contributed by atoms with E-state index in [9.17, 15) is 0 Å². The standard InChI is InChI=1S/C13H22BrN3/c1-4-17(10-6-9-16(2)3)13-12(11-14)7-5-8-15-13/h5,7-8H,4,6,9-11H2,1-3H3. The summed E-state index contributed by atoms with van der Waals surface area (Å²) in [5, 5.41) is 0.861. The molecule has 0 saturated heterocycles. The lowest BCUT2D eigenvalue weighted by atomic mass is 10.2. The molecule has 0 N–H and O–H groups in total. The normalized spacial score (nSPS) is 10.9. The number of rotatable bonds is 7. The summed E-state index contributed by atoms with van der Waals surface area (Å²) in [6, 6.07) is 4.12. The van der Waals surface area contributed by atoms with E-state index < -0.39 is 0 Å². The molecule has 0 spiro atoms. The van der Waals surface area contributed by atoms with Crippen LogP contribution in [0.2, 0.25) is 0 Å². The Kier molecular flexibility index (Phi) is 6.52. The van der Waals surface area contributed by atoms with Crippen LogP contribution in [0.5, 0.6) is 0 Å². The molecule has 0 fully saturated rings. The summed E-state index contributed by atoms with van der Waals surface area (Å²) in [6.45, 7) is 5.37. The van der Waals surface area contributed by atoms with Crippen LogP contribution in [0.4, 0.5) is 5.82 Å². The van der Waals surface area contributed by atoms with E-state index in [1.807, 2.05) is 12.3 Å². The molecule has 1 heterocycles. The van der Waals surface area contributed by atoms with Crippen molar-refractivity contribution in [2.45, 2.75) is 18.7 Å². The summed E-state index contributed by atoms with van der Waals surface area (Å²) < 4.78 is 0. The summed E-state index contributed by atoms with van der Waals surface area (Å²) in [7, 11) is 4.22. The molecule has 0 saturated carbocycles. The highest BCUT2D eigenvalue weighted by molar-refractivity contribution is 9.08. The van der Waals surface area contributed by atoms with Gasteiger partial charge in [0, 0.05) is 30.2 Å². The molecule has 1 aromatic heterocycles. The fourth-order valence-electron chi connectivity index (χ4n) is 1.81. The van der Waals surface area contributed by atoms with Gasteiger partial charge < -0.3 is 9.80 Å². The molecule has 3 nitrogen and oxygen atoms in total. The highest BCUT2D eigenvalue weighted by atomic mass is 79.9. The fraction of sp³-hybridized carbons (Fsp3) is 0.615. The zero-order valence-corrected chi connectivity index (χ0v) is 12.6. The maximum Gasteiger partial charge on any atom is 0.132 e. The van der Waals surface area contributed by atoms with Crippen LogP contribution < -0.4 is 4.90 Å². The minimum Gasteiger partial charge on any atom is -0.357 e. The molecular weight excluding hydrogens is 278 g/mol. The van der Waals surface area contributed by atoms with Gasteiger partial charge in [0.15, 0.2) is 0 Å². The number of aromatic nitrogens is 1. The van der Waals surface area contributed by atoms with E-state index in [2.05, 4.69) is 57.8 Å². The monoisotopic (exact) mass is 299 g/mol. The molecule has 0 aliphatic heterocycles. The molecule has 1 aromatic rings. The summed E-state index contributed by atoms with van der Waals surface area (Å²) in [6.07, 6.45) is 3.04. The fourth-order valence-corrected chi connectivity index (χ4v) is 2.25. The zero-order valence-electron chi connectivity index (χ0n) is 11.0. The Morgan fingerprint density at radius 1 is 1.29 bits per heavy atom. The van der Waals surface area contributed by atoms with Crippen molar-refractivity contribution in [2.24, 2.45) is 0 Å². The minimum atomic E-state index is 0.861. The Morgan fingerprint density at radius 2 is 2.06 bits per heavy atom. The van der Waals surface area contributed by atoms with E-state index in [-0.39, 0.29) is 0 Å². The number of hydrogen-bond acceptors (Lipinski definition) is 3. The minimum absolute atomic E-state index is 0.861. The van der Waals surface area contributed by atoms with Crippen LogP contribution in [-0.4, -0.2) is 43.6 Å².